The second-order valence-electron chi connectivity index (χ2n) is 5.91. The first kappa shape index (κ1) is 19.3. The Kier molecular flexibility index (Phi) is 8.29. The molecule has 0 saturated carbocycles. The number of amides is 2. The van der Waals surface area contributed by atoms with Gasteiger partial charge in [0.1, 0.15) is 0 Å². The number of nitrogens with zero attached hydrogens (tertiary/aromatic N) is 1. The molecule has 25 heavy (non-hydrogen) atoms. The van der Waals surface area contributed by atoms with E-state index in [0.29, 0.717) is 6.54 Å². The van der Waals surface area contributed by atoms with Crippen molar-refractivity contribution in [3.63, 3.8) is 0 Å². The fourth-order valence-electron chi connectivity index (χ4n) is 2.57. The Balaban J connectivity index is 1.61. The molecular formula is C20H26ClN3O. The zero-order valence-electron chi connectivity index (χ0n) is 14.7. The smallest absolute Gasteiger partial charge is 0.319 e. The number of nitrogens with one attached hydrogen (secondary N) is 2. The fourth-order valence-corrected chi connectivity index (χ4v) is 2.69. The summed E-state index contributed by atoms with van der Waals surface area (Å²) in [7, 11) is 0. The molecule has 4 nitrogen and oxygen atoms in total. The van der Waals surface area contributed by atoms with Crippen molar-refractivity contribution in [2.45, 2.75) is 19.8 Å². The lowest BCUT2D eigenvalue weighted by Gasteiger charge is -2.20. The molecule has 0 bridgehead atoms. The largest absolute Gasteiger partial charge is 0.338 e. The minimum Gasteiger partial charge on any atom is -0.338 e. The summed E-state index contributed by atoms with van der Waals surface area (Å²) in [5, 5.41) is 6.49. The second-order valence-corrected chi connectivity index (χ2v) is 6.35. The van der Waals surface area contributed by atoms with E-state index < -0.39 is 0 Å². The molecule has 2 amide bonds. The van der Waals surface area contributed by atoms with Crippen LogP contribution in [0.1, 0.15) is 18.9 Å². The Morgan fingerprint density at radius 2 is 1.76 bits per heavy atom. The summed E-state index contributed by atoms with van der Waals surface area (Å²) < 4.78 is 0. The van der Waals surface area contributed by atoms with Crippen LogP contribution in [0.25, 0.3) is 0 Å². The third-order valence-electron chi connectivity index (χ3n) is 4.05. The highest BCUT2D eigenvalue weighted by molar-refractivity contribution is 6.30. The van der Waals surface area contributed by atoms with Crippen LogP contribution in [0.15, 0.2) is 54.6 Å². The number of rotatable bonds is 9. The van der Waals surface area contributed by atoms with Crippen molar-refractivity contribution in [2.75, 3.05) is 31.5 Å². The van der Waals surface area contributed by atoms with Gasteiger partial charge in [-0.15, -0.1) is 0 Å². The standard InChI is InChI=1S/C20H26ClN3O/c1-2-24(16-13-17-9-11-18(21)12-10-17)15-6-14-22-20(25)23-19-7-4-3-5-8-19/h3-5,7-12H,2,6,13-16H2,1H3,(H2,22,23,25). The van der Waals surface area contributed by atoms with Crippen LogP contribution in [0.5, 0.6) is 0 Å². The lowest BCUT2D eigenvalue weighted by molar-refractivity contribution is 0.249. The minimum atomic E-state index is -0.157. The van der Waals surface area contributed by atoms with Crippen molar-refractivity contribution in [2.24, 2.45) is 0 Å². The highest BCUT2D eigenvalue weighted by Crippen LogP contribution is 2.10. The molecular weight excluding hydrogens is 334 g/mol. The number of carbonyl (C=O) groups excluding carboxylic acids is 1. The van der Waals surface area contributed by atoms with Crippen LogP contribution in [-0.4, -0.2) is 37.1 Å². The first-order valence-corrected chi connectivity index (χ1v) is 9.12. The first-order chi connectivity index (χ1) is 12.2. The van der Waals surface area contributed by atoms with Gasteiger partial charge in [0.05, 0.1) is 0 Å². The Morgan fingerprint density at radius 3 is 2.44 bits per heavy atom. The summed E-state index contributed by atoms with van der Waals surface area (Å²) in [6.07, 6.45) is 1.93. The van der Waals surface area contributed by atoms with Gasteiger partial charge in [-0.2, -0.15) is 0 Å². The lowest BCUT2D eigenvalue weighted by Crippen LogP contribution is -2.33. The maximum Gasteiger partial charge on any atom is 0.319 e. The Labute approximate surface area is 155 Å². The van der Waals surface area contributed by atoms with E-state index in [0.717, 1.165) is 43.2 Å². The summed E-state index contributed by atoms with van der Waals surface area (Å²) >= 11 is 5.91. The SMILES string of the molecule is CCN(CCCNC(=O)Nc1ccccc1)CCc1ccc(Cl)cc1. The quantitative estimate of drug-likeness (QED) is 0.651. The van der Waals surface area contributed by atoms with Crippen molar-refractivity contribution in [1.29, 1.82) is 0 Å². The maximum atomic E-state index is 11.8. The van der Waals surface area contributed by atoms with Crippen molar-refractivity contribution >= 4 is 23.3 Å². The Bertz CT molecular complexity index is 631. The monoisotopic (exact) mass is 359 g/mol. The fraction of sp³-hybridized carbons (Fsp3) is 0.350. The van der Waals surface area contributed by atoms with Crippen LogP contribution >= 0.6 is 11.6 Å². The molecule has 0 heterocycles. The van der Waals surface area contributed by atoms with E-state index in [1.54, 1.807) is 0 Å². The summed E-state index contributed by atoms with van der Waals surface area (Å²) in [6, 6.07) is 17.3. The van der Waals surface area contributed by atoms with Crippen LogP contribution in [-0.2, 0) is 6.42 Å². The number of hydrogen-bond donors (Lipinski definition) is 2. The lowest BCUT2D eigenvalue weighted by atomic mass is 10.1. The number of benzene rings is 2. The highest BCUT2D eigenvalue weighted by Gasteiger charge is 2.04. The summed E-state index contributed by atoms with van der Waals surface area (Å²) in [5.74, 6) is 0. The normalized spacial score (nSPS) is 10.7. The predicted molar refractivity (Wildman–Crippen MR) is 105 cm³/mol. The zero-order valence-corrected chi connectivity index (χ0v) is 15.4. The third-order valence-corrected chi connectivity index (χ3v) is 4.30. The Hall–Kier alpha value is -2.04. The molecule has 0 unspecified atom stereocenters. The molecule has 0 radical (unpaired) electrons. The van der Waals surface area contributed by atoms with Gasteiger partial charge in [-0.05, 0) is 55.8 Å². The van der Waals surface area contributed by atoms with Crippen LogP contribution in [0.3, 0.4) is 0 Å². The molecule has 2 rings (SSSR count). The van der Waals surface area contributed by atoms with Gasteiger partial charge in [0.15, 0.2) is 0 Å². The summed E-state index contributed by atoms with van der Waals surface area (Å²) in [6.45, 7) is 5.81. The number of hydrogen-bond acceptors (Lipinski definition) is 2. The molecule has 2 N–H and O–H groups in total. The molecule has 2 aromatic rings. The van der Waals surface area contributed by atoms with Crippen LogP contribution in [0.4, 0.5) is 10.5 Å². The average molecular weight is 360 g/mol. The zero-order chi connectivity index (χ0) is 17.9. The van der Waals surface area contributed by atoms with Gasteiger partial charge >= 0.3 is 6.03 Å². The number of likely N-dealkylation sites (N-methyl/N-ethyl adjacent to an activating group) is 1. The minimum absolute atomic E-state index is 0.157. The molecule has 2 aromatic carbocycles. The number of urea groups is 1. The number of carbonyl (C=O) groups is 1. The third kappa shape index (κ3) is 7.59. The highest BCUT2D eigenvalue weighted by atomic mass is 35.5. The van der Waals surface area contributed by atoms with Gasteiger partial charge in [-0.1, -0.05) is 48.9 Å². The van der Waals surface area contributed by atoms with Crippen LogP contribution < -0.4 is 10.6 Å². The molecule has 0 atom stereocenters. The maximum absolute atomic E-state index is 11.8. The van der Waals surface area contributed by atoms with E-state index in [1.165, 1.54) is 5.56 Å². The number of halogens is 1. The van der Waals surface area contributed by atoms with E-state index in [2.05, 4.69) is 34.6 Å². The molecule has 134 valence electrons. The van der Waals surface area contributed by atoms with Crippen molar-refractivity contribution in [3.05, 3.63) is 65.2 Å². The first-order valence-electron chi connectivity index (χ1n) is 8.74. The molecule has 0 aromatic heterocycles. The Morgan fingerprint density at radius 1 is 1.04 bits per heavy atom. The number of para-hydroxylation sites is 1. The van der Waals surface area contributed by atoms with Gasteiger partial charge < -0.3 is 15.5 Å². The molecule has 0 aliphatic carbocycles. The number of anilines is 1. The molecule has 0 aliphatic heterocycles. The van der Waals surface area contributed by atoms with E-state index in [9.17, 15) is 4.79 Å². The molecule has 5 heteroatoms. The van der Waals surface area contributed by atoms with Crippen LogP contribution in [0.2, 0.25) is 5.02 Å². The topological polar surface area (TPSA) is 44.4 Å². The van der Waals surface area contributed by atoms with E-state index in [4.69, 9.17) is 11.6 Å². The van der Waals surface area contributed by atoms with Crippen molar-refractivity contribution < 1.29 is 4.79 Å². The summed E-state index contributed by atoms with van der Waals surface area (Å²) in [5.41, 5.74) is 2.10. The van der Waals surface area contributed by atoms with Gasteiger partial charge in [0.2, 0.25) is 0 Å². The van der Waals surface area contributed by atoms with Gasteiger partial charge in [0, 0.05) is 23.8 Å². The van der Waals surface area contributed by atoms with Gasteiger partial charge in [-0.25, -0.2) is 4.79 Å². The van der Waals surface area contributed by atoms with Gasteiger partial charge in [0.25, 0.3) is 0 Å². The van der Waals surface area contributed by atoms with E-state index in [1.807, 2.05) is 42.5 Å². The van der Waals surface area contributed by atoms with Gasteiger partial charge in [-0.3, -0.25) is 0 Å². The summed E-state index contributed by atoms with van der Waals surface area (Å²) in [4.78, 5) is 14.2. The van der Waals surface area contributed by atoms with E-state index >= 15 is 0 Å². The second kappa shape index (κ2) is 10.7. The molecule has 0 fully saturated rings. The van der Waals surface area contributed by atoms with Crippen molar-refractivity contribution in [3.8, 4) is 0 Å². The molecule has 0 saturated heterocycles. The molecule has 0 spiro atoms. The van der Waals surface area contributed by atoms with Crippen LogP contribution in [0, 0.1) is 0 Å². The predicted octanol–water partition coefficient (Wildman–Crippen LogP) is 4.42. The molecule has 0 aliphatic rings. The average Bonchev–Trinajstić information content (AvgIpc) is 2.63. The van der Waals surface area contributed by atoms with Crippen molar-refractivity contribution in [1.82, 2.24) is 10.2 Å². The van der Waals surface area contributed by atoms with E-state index in [-0.39, 0.29) is 6.03 Å².